The molecule has 1 heterocycles. The van der Waals surface area contributed by atoms with Gasteiger partial charge in [0, 0.05) is 0 Å². The first-order valence-corrected chi connectivity index (χ1v) is 5.48. The van der Waals surface area contributed by atoms with Crippen molar-refractivity contribution in [1.82, 2.24) is 0 Å². The first-order valence-electron chi connectivity index (χ1n) is 5.48. The normalized spacial score (nSPS) is 12.4. The number of rotatable bonds is 3. The second-order valence-electron chi connectivity index (χ2n) is 4.20. The van der Waals surface area contributed by atoms with Crippen molar-refractivity contribution in [3.63, 3.8) is 0 Å². The van der Waals surface area contributed by atoms with Gasteiger partial charge in [0.1, 0.15) is 16.8 Å². The Kier molecular flexibility index (Phi) is 3.16. The average molecular weight is 247 g/mol. The van der Waals surface area contributed by atoms with Crippen LogP contribution in [0.1, 0.15) is 28.6 Å². The molecule has 0 aliphatic heterocycles. The van der Waals surface area contributed by atoms with Crippen LogP contribution in [0.5, 0.6) is 0 Å². The maximum Gasteiger partial charge on any atom is 0.433 e. The number of aryl methyl sites for hydroxylation is 2. The summed E-state index contributed by atoms with van der Waals surface area (Å²) in [6, 6.07) is 8.34. The van der Waals surface area contributed by atoms with Crippen LogP contribution in [0.15, 0.2) is 34.7 Å². The fraction of sp³-hybridized carbons (Fsp3) is 0.231. The van der Waals surface area contributed by atoms with Gasteiger partial charge in [0.15, 0.2) is 0 Å². The van der Waals surface area contributed by atoms with Crippen molar-refractivity contribution >= 4 is 5.88 Å². The van der Waals surface area contributed by atoms with Crippen LogP contribution in [0.3, 0.4) is 0 Å². The Morgan fingerprint density at radius 1 is 1.28 bits per heavy atom. The van der Waals surface area contributed by atoms with E-state index in [0.29, 0.717) is 5.56 Å². The van der Waals surface area contributed by atoms with E-state index >= 15 is 0 Å². The molecule has 18 heavy (non-hydrogen) atoms. The molecule has 1 N–H and O–H groups in total. The van der Waals surface area contributed by atoms with Gasteiger partial charge in [0.25, 0.3) is 0 Å². The number of aliphatic hydroxyl groups is 1. The molecule has 94 valence electrons. The van der Waals surface area contributed by atoms with Crippen molar-refractivity contribution < 1.29 is 14.4 Å². The first-order chi connectivity index (χ1) is 8.49. The lowest BCUT2D eigenvalue weighted by Crippen LogP contribution is -2.01. The van der Waals surface area contributed by atoms with Gasteiger partial charge in [-0.2, -0.15) is 0 Å². The molecule has 5 heteroatoms. The third-order valence-corrected chi connectivity index (χ3v) is 2.79. The lowest BCUT2D eigenvalue weighted by Gasteiger charge is -2.11. The highest BCUT2D eigenvalue weighted by Crippen LogP contribution is 2.29. The minimum atomic E-state index is -0.987. The highest BCUT2D eigenvalue weighted by Gasteiger charge is 2.20. The highest BCUT2D eigenvalue weighted by atomic mass is 16.6. The molecule has 1 aromatic heterocycles. The lowest BCUT2D eigenvalue weighted by atomic mass is 9.99. The van der Waals surface area contributed by atoms with Crippen molar-refractivity contribution in [2.45, 2.75) is 20.0 Å². The molecule has 0 radical (unpaired) electrons. The number of hydrogen-bond acceptors (Lipinski definition) is 4. The van der Waals surface area contributed by atoms with Crippen molar-refractivity contribution in [1.29, 1.82) is 0 Å². The molecule has 0 saturated heterocycles. The smallest absolute Gasteiger partial charge is 0.403 e. The van der Waals surface area contributed by atoms with Crippen LogP contribution in [-0.4, -0.2) is 10.0 Å². The molecule has 1 atom stereocenters. The van der Waals surface area contributed by atoms with Gasteiger partial charge in [-0.3, -0.25) is 10.1 Å². The van der Waals surface area contributed by atoms with Gasteiger partial charge in [-0.1, -0.05) is 23.8 Å². The standard InChI is InChI=1S/C13H13NO4/c1-8-3-4-9(2)10(7-8)13(15)11-5-6-12(18-11)14(16)17/h3-7,13,15H,1-2H3. The third-order valence-electron chi connectivity index (χ3n) is 2.79. The van der Waals surface area contributed by atoms with Crippen LogP contribution < -0.4 is 0 Å². The van der Waals surface area contributed by atoms with E-state index in [2.05, 4.69) is 0 Å². The maximum absolute atomic E-state index is 10.5. The zero-order chi connectivity index (χ0) is 13.3. The summed E-state index contributed by atoms with van der Waals surface area (Å²) < 4.78 is 5.01. The number of nitro groups is 1. The molecule has 0 bridgehead atoms. The zero-order valence-electron chi connectivity index (χ0n) is 10.1. The first kappa shape index (κ1) is 12.3. The molecule has 0 saturated carbocycles. The summed E-state index contributed by atoms with van der Waals surface area (Å²) in [5.74, 6) is -0.190. The minimum Gasteiger partial charge on any atom is -0.403 e. The summed E-state index contributed by atoms with van der Waals surface area (Å²) in [6.45, 7) is 3.79. The SMILES string of the molecule is Cc1ccc(C)c(C(O)c2ccc([N+](=O)[O-])o2)c1. The molecule has 2 aromatic rings. The Labute approximate surface area is 104 Å². The van der Waals surface area contributed by atoms with Gasteiger partial charge in [-0.25, -0.2) is 0 Å². The van der Waals surface area contributed by atoms with Crippen LogP contribution in [0.4, 0.5) is 5.88 Å². The molecule has 1 aromatic carbocycles. The Morgan fingerprint density at radius 2 is 2.00 bits per heavy atom. The van der Waals surface area contributed by atoms with Crippen molar-refractivity contribution in [2.75, 3.05) is 0 Å². The minimum absolute atomic E-state index is 0.176. The Balaban J connectivity index is 2.37. The molecule has 0 spiro atoms. The number of nitrogens with zero attached hydrogens (tertiary/aromatic N) is 1. The fourth-order valence-electron chi connectivity index (χ4n) is 1.80. The summed E-state index contributed by atoms with van der Waals surface area (Å²) in [5, 5.41) is 20.7. The Bertz CT molecular complexity index is 588. The predicted molar refractivity (Wildman–Crippen MR) is 65.3 cm³/mol. The molecule has 0 aliphatic carbocycles. The lowest BCUT2D eigenvalue weighted by molar-refractivity contribution is -0.402. The van der Waals surface area contributed by atoms with Gasteiger partial charge >= 0.3 is 5.88 Å². The molecule has 1 unspecified atom stereocenters. The third kappa shape index (κ3) is 2.26. The van der Waals surface area contributed by atoms with Gasteiger partial charge in [-0.05, 0) is 31.0 Å². The van der Waals surface area contributed by atoms with Crippen LogP contribution >= 0.6 is 0 Å². The molecule has 0 aliphatic rings. The number of hydrogen-bond donors (Lipinski definition) is 1. The average Bonchev–Trinajstić information content (AvgIpc) is 2.81. The fourth-order valence-corrected chi connectivity index (χ4v) is 1.80. The van der Waals surface area contributed by atoms with Crippen LogP contribution in [0, 0.1) is 24.0 Å². The van der Waals surface area contributed by atoms with E-state index in [9.17, 15) is 15.2 Å². The Morgan fingerprint density at radius 3 is 2.61 bits per heavy atom. The second kappa shape index (κ2) is 4.62. The van der Waals surface area contributed by atoms with Crippen LogP contribution in [-0.2, 0) is 0 Å². The highest BCUT2D eigenvalue weighted by molar-refractivity contribution is 5.36. The predicted octanol–water partition coefficient (Wildman–Crippen LogP) is 2.89. The maximum atomic E-state index is 10.5. The van der Waals surface area contributed by atoms with Crippen molar-refractivity contribution in [3.8, 4) is 0 Å². The largest absolute Gasteiger partial charge is 0.433 e. The van der Waals surface area contributed by atoms with E-state index in [1.165, 1.54) is 12.1 Å². The van der Waals surface area contributed by atoms with Crippen LogP contribution in [0.25, 0.3) is 0 Å². The molecule has 2 rings (SSSR count). The monoisotopic (exact) mass is 247 g/mol. The number of benzene rings is 1. The molecular weight excluding hydrogens is 234 g/mol. The molecule has 0 fully saturated rings. The second-order valence-corrected chi connectivity index (χ2v) is 4.20. The summed E-state index contributed by atoms with van der Waals surface area (Å²) in [5.41, 5.74) is 2.61. The summed E-state index contributed by atoms with van der Waals surface area (Å²) in [6.07, 6.45) is -0.987. The number of aliphatic hydroxyl groups excluding tert-OH is 1. The topological polar surface area (TPSA) is 76.5 Å². The van der Waals surface area contributed by atoms with Gasteiger partial charge in [-0.15, -0.1) is 0 Å². The van der Waals surface area contributed by atoms with Crippen molar-refractivity contribution in [3.05, 3.63) is 62.9 Å². The van der Waals surface area contributed by atoms with Crippen LogP contribution in [0.2, 0.25) is 0 Å². The van der Waals surface area contributed by atoms with E-state index in [4.69, 9.17) is 4.42 Å². The zero-order valence-corrected chi connectivity index (χ0v) is 10.1. The molecule has 0 amide bonds. The van der Waals surface area contributed by atoms with E-state index in [0.717, 1.165) is 11.1 Å². The van der Waals surface area contributed by atoms with Crippen molar-refractivity contribution in [2.24, 2.45) is 0 Å². The molecular formula is C13H13NO4. The van der Waals surface area contributed by atoms with E-state index in [1.54, 1.807) is 0 Å². The summed E-state index contributed by atoms with van der Waals surface area (Å²) >= 11 is 0. The Hall–Kier alpha value is -2.14. The summed E-state index contributed by atoms with van der Waals surface area (Å²) in [7, 11) is 0. The number of furan rings is 1. The van der Waals surface area contributed by atoms with E-state index in [-0.39, 0.29) is 11.6 Å². The van der Waals surface area contributed by atoms with Gasteiger partial charge in [0.2, 0.25) is 0 Å². The summed E-state index contributed by atoms with van der Waals surface area (Å²) in [4.78, 5) is 9.90. The molecule has 5 nitrogen and oxygen atoms in total. The van der Waals surface area contributed by atoms with Gasteiger partial charge in [0.05, 0.1) is 6.07 Å². The van der Waals surface area contributed by atoms with Gasteiger partial charge < -0.3 is 9.52 Å². The van der Waals surface area contributed by atoms with E-state index in [1.807, 2.05) is 32.0 Å². The van der Waals surface area contributed by atoms with E-state index < -0.39 is 11.0 Å². The quantitative estimate of drug-likeness (QED) is 0.668.